The molecule has 1 unspecified atom stereocenters. The van der Waals surface area contributed by atoms with Crippen molar-refractivity contribution in [3.05, 3.63) is 23.3 Å². The molecule has 1 aromatic rings. The molecule has 20 heavy (non-hydrogen) atoms. The number of aryl methyl sites for hydroxylation is 1. The number of carbonyl (C=O) groups excluding carboxylic acids is 1. The molecular weight excluding hydrogens is 258 g/mol. The lowest BCUT2D eigenvalue weighted by Gasteiger charge is -2.30. The van der Waals surface area contributed by atoms with Crippen LogP contribution in [0.3, 0.4) is 0 Å². The van der Waals surface area contributed by atoms with Crippen molar-refractivity contribution in [2.45, 2.75) is 26.7 Å². The van der Waals surface area contributed by atoms with Gasteiger partial charge in [-0.15, -0.1) is 0 Å². The highest BCUT2D eigenvalue weighted by Crippen LogP contribution is 2.41. The van der Waals surface area contributed by atoms with Crippen LogP contribution in [0.1, 0.15) is 30.9 Å². The van der Waals surface area contributed by atoms with E-state index in [-0.39, 0.29) is 18.4 Å². The monoisotopic (exact) mass is 277 g/mol. The van der Waals surface area contributed by atoms with E-state index in [1.54, 1.807) is 7.05 Å². The van der Waals surface area contributed by atoms with E-state index in [0.717, 1.165) is 5.56 Å². The second-order valence-corrected chi connectivity index (χ2v) is 5.50. The smallest absolute Gasteiger partial charge is 0.311 e. The fraction of sp³-hybridized carbons (Fsp3) is 0.467. The molecule has 1 aliphatic rings. The van der Waals surface area contributed by atoms with Crippen LogP contribution in [-0.4, -0.2) is 30.6 Å². The third-order valence-electron chi connectivity index (χ3n) is 3.59. The molecule has 1 atom stereocenters. The Morgan fingerprint density at radius 2 is 2.05 bits per heavy atom. The number of anilines is 1. The van der Waals surface area contributed by atoms with E-state index < -0.39 is 11.9 Å². The first-order valence-corrected chi connectivity index (χ1v) is 6.59. The first-order chi connectivity index (χ1) is 9.32. The van der Waals surface area contributed by atoms with Crippen molar-refractivity contribution < 1.29 is 19.4 Å². The van der Waals surface area contributed by atoms with Gasteiger partial charge in [0.1, 0.15) is 5.75 Å². The Kier molecular flexibility index (Phi) is 3.70. The highest BCUT2D eigenvalue weighted by Gasteiger charge is 2.32. The van der Waals surface area contributed by atoms with Crippen LogP contribution in [-0.2, 0) is 9.59 Å². The van der Waals surface area contributed by atoms with Gasteiger partial charge in [0.25, 0.3) is 5.91 Å². The quantitative estimate of drug-likeness (QED) is 0.919. The first kappa shape index (κ1) is 14.4. The van der Waals surface area contributed by atoms with Crippen LogP contribution in [0.2, 0.25) is 0 Å². The number of ether oxygens (including phenoxy) is 1. The van der Waals surface area contributed by atoms with Crippen LogP contribution in [0.15, 0.2) is 12.1 Å². The number of amides is 1. The number of carboxylic acid groups (broad SMARTS) is 1. The SMILES string of the molecule is Cc1cc(C(C(=O)O)C(C)C)c2c(c1)N(C)C(=O)CO2. The number of hydrogen-bond donors (Lipinski definition) is 1. The number of hydrogen-bond acceptors (Lipinski definition) is 3. The number of rotatable bonds is 3. The van der Waals surface area contributed by atoms with Gasteiger partial charge >= 0.3 is 5.97 Å². The van der Waals surface area contributed by atoms with Crippen molar-refractivity contribution in [1.82, 2.24) is 0 Å². The minimum atomic E-state index is -0.879. The van der Waals surface area contributed by atoms with E-state index in [0.29, 0.717) is 17.0 Å². The Balaban J connectivity index is 2.63. The summed E-state index contributed by atoms with van der Waals surface area (Å²) in [5, 5.41) is 9.47. The third kappa shape index (κ3) is 2.35. The van der Waals surface area contributed by atoms with E-state index in [4.69, 9.17) is 4.74 Å². The van der Waals surface area contributed by atoms with Gasteiger partial charge < -0.3 is 14.7 Å². The van der Waals surface area contributed by atoms with Crippen LogP contribution in [0.4, 0.5) is 5.69 Å². The highest BCUT2D eigenvalue weighted by atomic mass is 16.5. The molecule has 0 aliphatic carbocycles. The Morgan fingerprint density at radius 3 is 2.60 bits per heavy atom. The zero-order valence-electron chi connectivity index (χ0n) is 12.1. The number of fused-ring (bicyclic) bond motifs is 1. The van der Waals surface area contributed by atoms with Crippen LogP contribution in [0, 0.1) is 12.8 Å². The van der Waals surface area contributed by atoms with Crippen LogP contribution in [0.5, 0.6) is 5.75 Å². The topological polar surface area (TPSA) is 66.8 Å². The maximum Gasteiger partial charge on any atom is 0.311 e. The lowest BCUT2D eigenvalue weighted by Crippen LogP contribution is -2.36. The van der Waals surface area contributed by atoms with E-state index in [1.807, 2.05) is 32.9 Å². The first-order valence-electron chi connectivity index (χ1n) is 6.59. The zero-order chi connectivity index (χ0) is 15.0. The van der Waals surface area contributed by atoms with Gasteiger partial charge in [-0.25, -0.2) is 0 Å². The number of carboxylic acids is 1. The average Bonchev–Trinajstić information content (AvgIpc) is 2.33. The predicted octanol–water partition coefficient (Wildman–Crippen LogP) is 2.17. The molecule has 1 aromatic carbocycles. The maximum absolute atomic E-state index is 11.7. The van der Waals surface area contributed by atoms with Crippen molar-refractivity contribution in [2.75, 3.05) is 18.6 Å². The predicted molar refractivity (Wildman–Crippen MR) is 75.3 cm³/mol. The van der Waals surface area contributed by atoms with Gasteiger partial charge in [-0.05, 0) is 24.5 Å². The Bertz CT molecular complexity index is 565. The van der Waals surface area contributed by atoms with Gasteiger partial charge in [0.2, 0.25) is 0 Å². The molecule has 0 radical (unpaired) electrons. The molecule has 0 saturated heterocycles. The molecule has 1 amide bonds. The van der Waals surface area contributed by atoms with Gasteiger partial charge in [-0.1, -0.05) is 19.9 Å². The van der Waals surface area contributed by atoms with E-state index in [1.165, 1.54) is 4.90 Å². The Labute approximate surface area is 118 Å². The molecule has 0 bridgehead atoms. The summed E-state index contributed by atoms with van der Waals surface area (Å²) in [7, 11) is 1.68. The van der Waals surface area contributed by atoms with Gasteiger partial charge in [-0.2, -0.15) is 0 Å². The van der Waals surface area contributed by atoms with E-state index in [2.05, 4.69) is 0 Å². The number of likely N-dealkylation sites (N-methyl/N-ethyl adjacent to an activating group) is 1. The van der Waals surface area contributed by atoms with Crippen LogP contribution < -0.4 is 9.64 Å². The summed E-state index contributed by atoms with van der Waals surface area (Å²) in [6, 6.07) is 3.68. The highest BCUT2D eigenvalue weighted by molar-refractivity contribution is 5.98. The molecule has 0 saturated carbocycles. The van der Waals surface area contributed by atoms with Gasteiger partial charge in [-0.3, -0.25) is 9.59 Å². The summed E-state index contributed by atoms with van der Waals surface area (Å²) < 4.78 is 5.52. The van der Waals surface area contributed by atoms with E-state index in [9.17, 15) is 14.7 Å². The van der Waals surface area contributed by atoms with Crippen LogP contribution >= 0.6 is 0 Å². The molecule has 0 aromatic heterocycles. The lowest BCUT2D eigenvalue weighted by molar-refractivity contribution is -0.139. The summed E-state index contributed by atoms with van der Waals surface area (Å²) in [6.45, 7) is 5.57. The molecule has 5 nitrogen and oxygen atoms in total. The molecule has 1 N–H and O–H groups in total. The zero-order valence-corrected chi connectivity index (χ0v) is 12.1. The minimum Gasteiger partial charge on any atom is -0.481 e. The number of nitrogens with zero attached hydrogens (tertiary/aromatic N) is 1. The lowest BCUT2D eigenvalue weighted by atomic mass is 9.86. The Hall–Kier alpha value is -2.04. The number of carbonyl (C=O) groups is 2. The second kappa shape index (κ2) is 5.15. The summed E-state index contributed by atoms with van der Waals surface area (Å²) in [4.78, 5) is 24.8. The Morgan fingerprint density at radius 1 is 1.40 bits per heavy atom. The van der Waals surface area contributed by atoms with Gasteiger partial charge in [0.15, 0.2) is 6.61 Å². The van der Waals surface area contributed by atoms with Gasteiger partial charge in [0.05, 0.1) is 11.6 Å². The number of benzene rings is 1. The average molecular weight is 277 g/mol. The summed E-state index contributed by atoms with van der Waals surface area (Å²) in [6.07, 6.45) is 0. The third-order valence-corrected chi connectivity index (χ3v) is 3.59. The normalized spacial score (nSPS) is 15.8. The van der Waals surface area contributed by atoms with Crippen molar-refractivity contribution in [1.29, 1.82) is 0 Å². The molecular formula is C15H19NO4. The molecule has 2 rings (SSSR count). The standard InChI is InChI=1S/C15H19NO4/c1-8(2)13(15(18)19)10-5-9(3)6-11-14(10)20-7-12(17)16(11)4/h5-6,8,13H,7H2,1-4H3,(H,18,19). The molecule has 108 valence electrons. The minimum absolute atomic E-state index is 0.0516. The van der Waals surface area contributed by atoms with Crippen LogP contribution in [0.25, 0.3) is 0 Å². The number of aliphatic carboxylic acids is 1. The van der Waals surface area contributed by atoms with E-state index >= 15 is 0 Å². The van der Waals surface area contributed by atoms with Crippen molar-refractivity contribution >= 4 is 17.6 Å². The second-order valence-electron chi connectivity index (χ2n) is 5.50. The molecule has 5 heteroatoms. The molecule has 1 aliphatic heterocycles. The largest absolute Gasteiger partial charge is 0.481 e. The van der Waals surface area contributed by atoms with Crippen molar-refractivity contribution in [3.63, 3.8) is 0 Å². The summed E-state index contributed by atoms with van der Waals surface area (Å²) in [5.41, 5.74) is 2.20. The van der Waals surface area contributed by atoms with Gasteiger partial charge in [0, 0.05) is 12.6 Å². The fourth-order valence-corrected chi connectivity index (χ4v) is 2.56. The fourth-order valence-electron chi connectivity index (χ4n) is 2.56. The summed E-state index contributed by atoms with van der Waals surface area (Å²) >= 11 is 0. The van der Waals surface area contributed by atoms with Crippen molar-refractivity contribution in [2.24, 2.45) is 5.92 Å². The molecule has 1 heterocycles. The van der Waals surface area contributed by atoms with Crippen molar-refractivity contribution in [3.8, 4) is 5.75 Å². The molecule has 0 fully saturated rings. The summed E-state index contributed by atoms with van der Waals surface area (Å²) in [5.74, 6) is -1.21. The maximum atomic E-state index is 11.7. The molecule has 0 spiro atoms.